The van der Waals surface area contributed by atoms with Crippen molar-refractivity contribution in [2.75, 3.05) is 17.2 Å². The number of rotatable bonds is 5. The Hall–Kier alpha value is -3.10. The number of nitrogens with one attached hydrogen (secondary N) is 2. The Bertz CT molecular complexity index is 768. The third-order valence-electron chi connectivity index (χ3n) is 2.82. The Morgan fingerprint density at radius 2 is 1.87 bits per heavy atom. The summed E-state index contributed by atoms with van der Waals surface area (Å²) in [7, 11) is 0. The van der Waals surface area contributed by atoms with Crippen molar-refractivity contribution in [1.82, 2.24) is 0 Å². The Kier molecular flexibility index (Phi) is 4.79. The maximum atomic E-state index is 13.4. The Morgan fingerprint density at radius 1 is 1.13 bits per heavy atom. The van der Waals surface area contributed by atoms with Crippen molar-refractivity contribution in [2.45, 2.75) is 0 Å². The minimum Gasteiger partial charge on any atom is -0.376 e. The van der Waals surface area contributed by atoms with Crippen molar-refractivity contribution < 1.29 is 22.9 Å². The van der Waals surface area contributed by atoms with Crippen molar-refractivity contribution in [2.24, 2.45) is 0 Å². The summed E-state index contributed by atoms with van der Waals surface area (Å²) >= 11 is 0. The number of nitrogens with zero attached hydrogens (tertiary/aromatic N) is 1. The molecule has 1 amide bonds. The van der Waals surface area contributed by atoms with Gasteiger partial charge in [0.15, 0.2) is 17.5 Å². The van der Waals surface area contributed by atoms with Gasteiger partial charge in [-0.25, -0.2) is 13.2 Å². The molecule has 2 rings (SSSR count). The molecule has 0 aliphatic heterocycles. The smallest absolute Gasteiger partial charge is 0.271 e. The Labute approximate surface area is 128 Å². The number of hydrogen-bond donors (Lipinski definition) is 2. The van der Waals surface area contributed by atoms with Crippen LogP contribution in [0.25, 0.3) is 0 Å². The fourth-order valence-electron chi connectivity index (χ4n) is 1.73. The fraction of sp³-hybridized carbons (Fsp3) is 0.0714. The summed E-state index contributed by atoms with van der Waals surface area (Å²) in [5.41, 5.74) is -0.364. The largest absolute Gasteiger partial charge is 0.376 e. The number of anilines is 2. The second-order valence-electron chi connectivity index (χ2n) is 4.43. The van der Waals surface area contributed by atoms with Gasteiger partial charge in [-0.15, -0.1) is 0 Å². The van der Waals surface area contributed by atoms with E-state index in [4.69, 9.17) is 0 Å². The average Bonchev–Trinajstić information content (AvgIpc) is 2.54. The number of carbonyl (C=O) groups is 1. The van der Waals surface area contributed by atoms with Gasteiger partial charge in [-0.3, -0.25) is 14.9 Å². The number of nitro groups is 1. The molecule has 0 fully saturated rings. The van der Waals surface area contributed by atoms with E-state index in [-0.39, 0.29) is 12.2 Å². The second-order valence-corrected chi connectivity index (χ2v) is 4.43. The lowest BCUT2D eigenvalue weighted by atomic mass is 10.2. The molecule has 0 saturated carbocycles. The first-order valence-corrected chi connectivity index (χ1v) is 6.30. The summed E-state index contributed by atoms with van der Waals surface area (Å²) in [6.45, 7) is -0.348. The SMILES string of the molecule is O=C(CNc1cccc([N+](=O)[O-])c1)Nc1ccc(F)c(F)c1F. The van der Waals surface area contributed by atoms with Crippen LogP contribution in [-0.4, -0.2) is 17.4 Å². The molecule has 6 nitrogen and oxygen atoms in total. The molecule has 0 unspecified atom stereocenters. The van der Waals surface area contributed by atoms with Crippen molar-refractivity contribution in [3.8, 4) is 0 Å². The van der Waals surface area contributed by atoms with Gasteiger partial charge < -0.3 is 10.6 Å². The number of amides is 1. The zero-order chi connectivity index (χ0) is 17.0. The van der Waals surface area contributed by atoms with Gasteiger partial charge in [-0.1, -0.05) is 6.07 Å². The molecule has 2 N–H and O–H groups in total. The van der Waals surface area contributed by atoms with Crippen LogP contribution in [0.3, 0.4) is 0 Å². The quantitative estimate of drug-likeness (QED) is 0.503. The number of benzene rings is 2. The van der Waals surface area contributed by atoms with Crippen LogP contribution in [-0.2, 0) is 4.79 Å². The molecule has 0 spiro atoms. The summed E-state index contributed by atoms with van der Waals surface area (Å²) in [5.74, 6) is -5.29. The van der Waals surface area contributed by atoms with Gasteiger partial charge in [0.2, 0.25) is 5.91 Å². The lowest BCUT2D eigenvalue weighted by Crippen LogP contribution is -2.22. The highest BCUT2D eigenvalue weighted by molar-refractivity contribution is 5.93. The highest BCUT2D eigenvalue weighted by atomic mass is 19.2. The van der Waals surface area contributed by atoms with Crippen LogP contribution in [0.15, 0.2) is 36.4 Å². The van der Waals surface area contributed by atoms with Crippen molar-refractivity contribution >= 4 is 23.0 Å². The Morgan fingerprint density at radius 3 is 2.57 bits per heavy atom. The molecule has 0 saturated heterocycles. The third kappa shape index (κ3) is 3.96. The molecule has 23 heavy (non-hydrogen) atoms. The zero-order valence-corrected chi connectivity index (χ0v) is 11.5. The number of carbonyl (C=O) groups excluding carboxylic acids is 1. The standard InChI is InChI=1S/C14H10F3N3O3/c15-10-4-5-11(14(17)13(10)16)19-12(21)7-18-8-2-1-3-9(6-8)20(22)23/h1-6,18H,7H2,(H,19,21). The monoisotopic (exact) mass is 325 g/mol. The normalized spacial score (nSPS) is 10.2. The molecule has 120 valence electrons. The first-order valence-electron chi connectivity index (χ1n) is 6.30. The van der Waals surface area contributed by atoms with Gasteiger partial charge in [-0.2, -0.15) is 0 Å². The van der Waals surface area contributed by atoms with Crippen LogP contribution in [0.4, 0.5) is 30.2 Å². The zero-order valence-electron chi connectivity index (χ0n) is 11.5. The average molecular weight is 325 g/mol. The second kappa shape index (κ2) is 6.77. The minimum atomic E-state index is -1.69. The molecule has 0 aliphatic rings. The van der Waals surface area contributed by atoms with E-state index in [1.54, 1.807) is 0 Å². The van der Waals surface area contributed by atoms with Gasteiger partial charge in [0.25, 0.3) is 5.69 Å². The number of halogens is 3. The molecule has 0 bridgehead atoms. The van der Waals surface area contributed by atoms with E-state index in [1.165, 1.54) is 24.3 Å². The van der Waals surface area contributed by atoms with Crippen molar-refractivity contribution in [3.05, 3.63) is 64.0 Å². The van der Waals surface area contributed by atoms with E-state index in [0.29, 0.717) is 11.8 Å². The molecular weight excluding hydrogens is 315 g/mol. The van der Waals surface area contributed by atoms with Gasteiger partial charge >= 0.3 is 0 Å². The summed E-state index contributed by atoms with van der Waals surface area (Å²) < 4.78 is 39.2. The maximum Gasteiger partial charge on any atom is 0.271 e. The molecule has 0 aromatic heterocycles. The highest BCUT2D eigenvalue weighted by Crippen LogP contribution is 2.20. The van der Waals surface area contributed by atoms with E-state index >= 15 is 0 Å². The predicted octanol–water partition coefficient (Wildman–Crippen LogP) is 3.06. The molecule has 9 heteroatoms. The van der Waals surface area contributed by atoms with Crippen molar-refractivity contribution in [3.63, 3.8) is 0 Å². The topological polar surface area (TPSA) is 84.3 Å². The van der Waals surface area contributed by atoms with Gasteiger partial charge in [0, 0.05) is 17.8 Å². The number of non-ortho nitro benzene ring substituents is 1. The van der Waals surface area contributed by atoms with E-state index < -0.39 is 34.0 Å². The Balaban J connectivity index is 1.99. The fourth-order valence-corrected chi connectivity index (χ4v) is 1.73. The molecule has 2 aromatic rings. The molecule has 0 atom stereocenters. The van der Waals surface area contributed by atoms with Gasteiger partial charge in [0.05, 0.1) is 17.2 Å². The first kappa shape index (κ1) is 16.3. The molecule has 0 aliphatic carbocycles. The summed E-state index contributed by atoms with van der Waals surface area (Å²) in [6.07, 6.45) is 0. The predicted molar refractivity (Wildman–Crippen MR) is 76.5 cm³/mol. The minimum absolute atomic E-state index is 0.165. The summed E-state index contributed by atoms with van der Waals surface area (Å²) in [4.78, 5) is 21.7. The first-order chi connectivity index (χ1) is 10.9. The van der Waals surface area contributed by atoms with E-state index in [1.807, 2.05) is 0 Å². The molecule has 2 aromatic carbocycles. The van der Waals surface area contributed by atoms with Crippen LogP contribution in [0.2, 0.25) is 0 Å². The number of hydrogen-bond acceptors (Lipinski definition) is 4. The maximum absolute atomic E-state index is 13.4. The van der Waals surface area contributed by atoms with E-state index in [2.05, 4.69) is 10.6 Å². The van der Waals surface area contributed by atoms with Gasteiger partial charge in [-0.05, 0) is 18.2 Å². The molecule has 0 heterocycles. The van der Waals surface area contributed by atoms with Crippen LogP contribution in [0, 0.1) is 27.6 Å². The van der Waals surface area contributed by atoms with Crippen LogP contribution >= 0.6 is 0 Å². The van der Waals surface area contributed by atoms with E-state index in [9.17, 15) is 28.1 Å². The summed E-state index contributed by atoms with van der Waals surface area (Å²) in [5, 5.41) is 15.3. The van der Waals surface area contributed by atoms with Gasteiger partial charge in [0.1, 0.15) is 0 Å². The lowest BCUT2D eigenvalue weighted by molar-refractivity contribution is -0.384. The molecular formula is C14H10F3N3O3. The van der Waals surface area contributed by atoms with Crippen LogP contribution < -0.4 is 10.6 Å². The van der Waals surface area contributed by atoms with Crippen LogP contribution in [0.5, 0.6) is 0 Å². The van der Waals surface area contributed by atoms with E-state index in [0.717, 1.165) is 6.07 Å². The number of nitro benzene ring substituents is 1. The lowest BCUT2D eigenvalue weighted by Gasteiger charge is -2.09. The molecule has 0 radical (unpaired) electrons. The third-order valence-corrected chi connectivity index (χ3v) is 2.82. The van der Waals surface area contributed by atoms with Crippen molar-refractivity contribution in [1.29, 1.82) is 0 Å². The highest BCUT2D eigenvalue weighted by Gasteiger charge is 2.15. The summed E-state index contributed by atoms with van der Waals surface area (Å²) in [6, 6.07) is 6.99. The van der Waals surface area contributed by atoms with Crippen LogP contribution in [0.1, 0.15) is 0 Å².